The largest absolute Gasteiger partial charge is 0.487 e. The van der Waals surface area contributed by atoms with E-state index in [1.54, 1.807) is 24.5 Å². The van der Waals surface area contributed by atoms with Gasteiger partial charge in [-0.15, -0.1) is 0 Å². The normalized spacial score (nSPS) is 15.6. The van der Waals surface area contributed by atoms with Crippen LogP contribution in [0.5, 0.6) is 5.75 Å². The van der Waals surface area contributed by atoms with Crippen LogP contribution in [0.1, 0.15) is 6.42 Å². The van der Waals surface area contributed by atoms with Crippen molar-refractivity contribution in [1.82, 2.24) is 14.9 Å². The molecule has 35 heavy (non-hydrogen) atoms. The smallest absolute Gasteiger partial charge is 0.225 e. The molecular weight excluding hydrogens is 473 g/mol. The van der Waals surface area contributed by atoms with Gasteiger partial charge in [0.25, 0.3) is 0 Å². The molecule has 0 spiro atoms. The van der Waals surface area contributed by atoms with E-state index in [1.807, 2.05) is 6.07 Å². The van der Waals surface area contributed by atoms with Gasteiger partial charge in [0.05, 0.1) is 37.3 Å². The molecule has 182 valence electrons. The molecular formula is C25H25ClFN5O3. The Kier molecular flexibility index (Phi) is 7.08. The Balaban J connectivity index is 1.41. The van der Waals surface area contributed by atoms with Crippen LogP contribution in [0.25, 0.3) is 22.4 Å². The van der Waals surface area contributed by atoms with E-state index < -0.39 is 5.82 Å². The molecule has 4 heterocycles. The molecule has 0 aliphatic carbocycles. The van der Waals surface area contributed by atoms with Crippen LogP contribution in [-0.2, 0) is 9.53 Å². The predicted octanol–water partition coefficient (Wildman–Crippen LogP) is 4.07. The maximum atomic E-state index is 14.6. The van der Waals surface area contributed by atoms with Crippen LogP contribution in [0.4, 0.5) is 15.9 Å². The number of halogens is 2. The lowest BCUT2D eigenvalue weighted by atomic mass is 10.0. The molecule has 8 nitrogen and oxygen atoms in total. The van der Waals surface area contributed by atoms with E-state index in [-0.39, 0.29) is 11.5 Å². The van der Waals surface area contributed by atoms with Crippen LogP contribution in [-0.4, -0.2) is 66.8 Å². The molecule has 1 aromatic carbocycles. The molecule has 1 fully saturated rings. The van der Waals surface area contributed by atoms with Crippen molar-refractivity contribution in [3.8, 4) is 28.1 Å². The molecule has 5 rings (SSSR count). The highest BCUT2D eigenvalue weighted by Crippen LogP contribution is 2.41. The summed E-state index contributed by atoms with van der Waals surface area (Å²) in [6.07, 6.45) is 3.65. The number of rotatable bonds is 6. The van der Waals surface area contributed by atoms with E-state index in [9.17, 15) is 9.18 Å². The number of hydrogen-bond donors (Lipinski definition) is 2. The van der Waals surface area contributed by atoms with Crippen molar-refractivity contribution in [2.24, 2.45) is 0 Å². The first kappa shape index (κ1) is 23.5. The molecule has 0 radical (unpaired) electrons. The number of morpholine rings is 1. The molecule has 10 heteroatoms. The summed E-state index contributed by atoms with van der Waals surface area (Å²) >= 11 is 6.12. The Bertz CT molecular complexity index is 1240. The highest BCUT2D eigenvalue weighted by molar-refractivity contribution is 6.30. The molecule has 1 saturated heterocycles. The van der Waals surface area contributed by atoms with E-state index in [0.717, 1.165) is 13.1 Å². The molecule has 2 aliphatic rings. The fraction of sp³-hybridized carbons (Fsp3) is 0.320. The number of fused-ring (bicyclic) bond motifs is 1. The number of carbonyl (C=O) groups excluding carboxylic acids is 1. The first-order valence-electron chi connectivity index (χ1n) is 11.5. The summed E-state index contributed by atoms with van der Waals surface area (Å²) in [5.41, 5.74) is 2.67. The second-order valence-electron chi connectivity index (χ2n) is 8.35. The number of nitrogens with one attached hydrogen (secondary N) is 2. The summed E-state index contributed by atoms with van der Waals surface area (Å²) in [6, 6.07) is 7.93. The van der Waals surface area contributed by atoms with Gasteiger partial charge in [-0.25, -0.2) is 9.37 Å². The average Bonchev–Trinajstić information content (AvgIpc) is 2.89. The monoisotopic (exact) mass is 497 g/mol. The van der Waals surface area contributed by atoms with Gasteiger partial charge in [-0.3, -0.25) is 14.7 Å². The number of carbonyl (C=O) groups is 1. The topological polar surface area (TPSA) is 88.6 Å². The van der Waals surface area contributed by atoms with Crippen LogP contribution >= 0.6 is 11.6 Å². The molecule has 0 unspecified atom stereocenters. The number of aromatic nitrogens is 2. The van der Waals surface area contributed by atoms with Gasteiger partial charge in [-0.2, -0.15) is 0 Å². The van der Waals surface area contributed by atoms with Crippen LogP contribution < -0.4 is 15.4 Å². The van der Waals surface area contributed by atoms with Gasteiger partial charge in [0.15, 0.2) is 11.6 Å². The first-order valence-corrected chi connectivity index (χ1v) is 11.9. The van der Waals surface area contributed by atoms with Gasteiger partial charge >= 0.3 is 0 Å². The number of pyridine rings is 2. The number of hydrogen-bond acceptors (Lipinski definition) is 7. The Labute approximate surface area is 207 Å². The summed E-state index contributed by atoms with van der Waals surface area (Å²) in [5, 5.41) is 6.55. The summed E-state index contributed by atoms with van der Waals surface area (Å²) in [7, 11) is 0. The van der Waals surface area contributed by atoms with Crippen molar-refractivity contribution in [1.29, 1.82) is 0 Å². The number of anilines is 2. The third-order valence-corrected chi connectivity index (χ3v) is 6.15. The lowest BCUT2D eigenvalue weighted by Crippen LogP contribution is -2.38. The molecule has 3 aromatic rings. The zero-order chi connectivity index (χ0) is 24.2. The van der Waals surface area contributed by atoms with Crippen LogP contribution in [0.3, 0.4) is 0 Å². The zero-order valence-corrected chi connectivity index (χ0v) is 19.8. The lowest BCUT2D eigenvalue weighted by molar-refractivity contribution is -0.116. The summed E-state index contributed by atoms with van der Waals surface area (Å²) in [4.78, 5) is 23.6. The Morgan fingerprint density at radius 2 is 2.00 bits per heavy atom. The van der Waals surface area contributed by atoms with E-state index in [1.165, 1.54) is 12.1 Å². The maximum absolute atomic E-state index is 14.6. The maximum Gasteiger partial charge on any atom is 0.225 e. The van der Waals surface area contributed by atoms with E-state index in [4.69, 9.17) is 21.1 Å². The molecule has 0 saturated carbocycles. The third kappa shape index (κ3) is 5.53. The summed E-state index contributed by atoms with van der Waals surface area (Å²) in [5.74, 6) is 0.554. The van der Waals surface area contributed by atoms with Gasteiger partial charge < -0.3 is 20.1 Å². The molecule has 1 amide bonds. The number of ether oxygens (including phenoxy) is 2. The number of benzene rings is 1. The van der Waals surface area contributed by atoms with Crippen molar-refractivity contribution in [2.75, 3.05) is 56.6 Å². The van der Waals surface area contributed by atoms with Gasteiger partial charge in [0.1, 0.15) is 12.4 Å². The minimum Gasteiger partial charge on any atom is -0.487 e. The van der Waals surface area contributed by atoms with Crippen LogP contribution in [0.2, 0.25) is 5.02 Å². The Hall–Kier alpha value is -3.27. The molecule has 2 aromatic heterocycles. The first-order chi connectivity index (χ1) is 17.1. The van der Waals surface area contributed by atoms with Crippen molar-refractivity contribution in [3.63, 3.8) is 0 Å². The van der Waals surface area contributed by atoms with Crippen molar-refractivity contribution >= 4 is 29.0 Å². The van der Waals surface area contributed by atoms with E-state index in [2.05, 4.69) is 25.5 Å². The average molecular weight is 498 g/mol. The third-order valence-electron chi connectivity index (χ3n) is 5.91. The minimum atomic E-state index is -0.427. The SMILES string of the molecule is O=C(CCN1CCOCC1)Nc1cncc(-c2cc(-c3cc(Cl)ccc3F)nc3c2OCCN3)c1. The predicted molar refractivity (Wildman–Crippen MR) is 132 cm³/mol. The van der Waals surface area contributed by atoms with Gasteiger partial charge in [0.2, 0.25) is 5.91 Å². The second kappa shape index (κ2) is 10.6. The van der Waals surface area contributed by atoms with Crippen molar-refractivity contribution in [2.45, 2.75) is 6.42 Å². The van der Waals surface area contributed by atoms with E-state index >= 15 is 0 Å². The zero-order valence-electron chi connectivity index (χ0n) is 19.0. The number of nitrogens with zero attached hydrogens (tertiary/aromatic N) is 3. The minimum absolute atomic E-state index is 0.0909. The van der Waals surface area contributed by atoms with E-state index in [0.29, 0.717) is 78.4 Å². The molecule has 0 atom stereocenters. The molecule has 2 N–H and O–H groups in total. The Morgan fingerprint density at radius 3 is 2.86 bits per heavy atom. The highest BCUT2D eigenvalue weighted by atomic mass is 35.5. The van der Waals surface area contributed by atoms with Crippen molar-refractivity contribution < 1.29 is 18.7 Å². The standard InChI is InChI=1S/C25H25ClFN5O3/c26-17-1-2-21(27)20(12-17)22-13-19(24-25(31-22)29-4-8-35-24)16-11-18(15-28-14-16)30-23(33)3-5-32-6-9-34-10-7-32/h1-2,11-15H,3-10H2,(H,29,31)(H,30,33). The Morgan fingerprint density at radius 1 is 1.14 bits per heavy atom. The van der Waals surface area contributed by atoms with Crippen LogP contribution in [0.15, 0.2) is 42.7 Å². The van der Waals surface area contributed by atoms with Crippen molar-refractivity contribution in [3.05, 3.63) is 53.6 Å². The van der Waals surface area contributed by atoms with Crippen LogP contribution in [0, 0.1) is 5.82 Å². The fourth-order valence-corrected chi connectivity index (χ4v) is 4.30. The quantitative estimate of drug-likeness (QED) is 0.530. The number of amides is 1. The fourth-order valence-electron chi connectivity index (χ4n) is 4.13. The lowest BCUT2D eigenvalue weighted by Gasteiger charge is -2.26. The van der Waals surface area contributed by atoms with Gasteiger partial charge in [-0.1, -0.05) is 11.6 Å². The highest BCUT2D eigenvalue weighted by Gasteiger charge is 2.21. The summed E-state index contributed by atoms with van der Waals surface area (Å²) in [6.45, 7) is 4.79. The second-order valence-corrected chi connectivity index (χ2v) is 8.78. The van der Waals surface area contributed by atoms with Gasteiger partial charge in [0, 0.05) is 54.0 Å². The van der Waals surface area contributed by atoms with Gasteiger partial charge in [-0.05, 0) is 30.3 Å². The summed E-state index contributed by atoms with van der Waals surface area (Å²) < 4.78 is 25.9. The molecule has 0 bridgehead atoms. The molecule has 2 aliphatic heterocycles.